The van der Waals surface area contributed by atoms with Gasteiger partial charge >= 0.3 is 0 Å². The number of nitrogens with one attached hydrogen (secondary N) is 3. The molecule has 1 aromatic carbocycles. The maximum Gasteiger partial charge on any atom is 0.223 e. The van der Waals surface area contributed by atoms with Crippen LogP contribution in [0.3, 0.4) is 0 Å². The molecule has 0 bridgehead atoms. The number of halogens is 2. The second-order valence-electron chi connectivity index (χ2n) is 2.63. The van der Waals surface area contributed by atoms with Crippen molar-refractivity contribution < 1.29 is 9.49 Å². The maximum atomic E-state index is 13.2. The molecule has 0 atom stereocenters. The van der Waals surface area contributed by atoms with Crippen molar-refractivity contribution in [2.75, 3.05) is 7.05 Å². The number of thiocarbonyl (C=S) groups is 1. The molecule has 0 amide bonds. The Hall–Kier alpha value is -1.20. The van der Waals surface area contributed by atoms with Crippen LogP contribution in [-0.2, 0) is 0 Å². The molecule has 1 aromatic rings. The summed E-state index contributed by atoms with van der Waals surface area (Å²) in [6.07, 6.45) is 1.40. The zero-order chi connectivity index (χ0) is 11.3. The SMILES string of the molecule is CNC(=S)N[NH+]=Cc1c(F)cccc1Cl. The van der Waals surface area contributed by atoms with E-state index in [2.05, 4.69) is 15.8 Å². The third-order valence-electron chi connectivity index (χ3n) is 1.63. The zero-order valence-corrected chi connectivity index (χ0v) is 9.55. The third-order valence-corrected chi connectivity index (χ3v) is 2.26. The first-order valence-electron chi connectivity index (χ1n) is 4.15. The van der Waals surface area contributed by atoms with E-state index in [1.165, 1.54) is 12.3 Å². The Balaban J connectivity index is 2.76. The number of hydrazone groups is 1. The van der Waals surface area contributed by atoms with Crippen molar-refractivity contribution in [1.82, 2.24) is 10.7 Å². The quantitative estimate of drug-likeness (QED) is 0.390. The largest absolute Gasteiger partial charge is 0.361 e. The Morgan fingerprint density at radius 2 is 2.33 bits per heavy atom. The summed E-state index contributed by atoms with van der Waals surface area (Å²) in [6.45, 7) is 0. The minimum absolute atomic E-state index is 0.283. The van der Waals surface area contributed by atoms with Gasteiger partial charge < -0.3 is 5.32 Å². The smallest absolute Gasteiger partial charge is 0.223 e. The van der Waals surface area contributed by atoms with E-state index in [1.54, 1.807) is 19.2 Å². The summed E-state index contributed by atoms with van der Waals surface area (Å²) in [5, 5.41) is 6.06. The molecule has 0 fully saturated rings. The van der Waals surface area contributed by atoms with E-state index in [-0.39, 0.29) is 5.56 Å². The fraction of sp³-hybridized carbons (Fsp3) is 0.111. The lowest BCUT2D eigenvalue weighted by Gasteiger charge is -1.97. The van der Waals surface area contributed by atoms with E-state index in [1.807, 2.05) is 0 Å². The van der Waals surface area contributed by atoms with Crippen LogP contribution in [0, 0.1) is 5.82 Å². The lowest BCUT2D eigenvalue weighted by Crippen LogP contribution is -2.82. The summed E-state index contributed by atoms with van der Waals surface area (Å²) in [6, 6.07) is 4.48. The van der Waals surface area contributed by atoms with Crippen molar-refractivity contribution in [3.05, 3.63) is 34.6 Å². The normalized spacial score (nSPS) is 10.3. The number of hydrogen-bond donors (Lipinski definition) is 3. The highest BCUT2D eigenvalue weighted by molar-refractivity contribution is 7.80. The van der Waals surface area contributed by atoms with Crippen molar-refractivity contribution in [2.24, 2.45) is 0 Å². The molecule has 0 aromatic heterocycles. The van der Waals surface area contributed by atoms with Crippen LogP contribution >= 0.6 is 23.8 Å². The molecule has 0 radical (unpaired) electrons. The van der Waals surface area contributed by atoms with Crippen LogP contribution in [0.15, 0.2) is 18.2 Å². The molecule has 0 aliphatic heterocycles. The van der Waals surface area contributed by atoms with Gasteiger partial charge in [0.1, 0.15) is 5.82 Å². The molecular weight excluding hydrogens is 237 g/mol. The summed E-state index contributed by atoms with van der Waals surface area (Å²) < 4.78 is 13.2. The Kier molecular flexibility index (Phi) is 4.45. The first-order valence-corrected chi connectivity index (χ1v) is 4.94. The van der Waals surface area contributed by atoms with Crippen LogP contribution in [0.4, 0.5) is 4.39 Å². The van der Waals surface area contributed by atoms with Crippen molar-refractivity contribution in [3.8, 4) is 0 Å². The molecule has 15 heavy (non-hydrogen) atoms. The van der Waals surface area contributed by atoms with Gasteiger partial charge in [-0.25, -0.2) is 4.39 Å². The molecule has 6 heteroatoms. The average molecular weight is 247 g/mol. The molecule has 80 valence electrons. The zero-order valence-electron chi connectivity index (χ0n) is 7.97. The minimum Gasteiger partial charge on any atom is -0.361 e. The Labute approximate surface area is 97.3 Å². The Morgan fingerprint density at radius 1 is 1.60 bits per heavy atom. The molecule has 0 saturated heterocycles. The van der Waals surface area contributed by atoms with Gasteiger partial charge in [-0.05, 0) is 24.4 Å². The van der Waals surface area contributed by atoms with E-state index in [0.29, 0.717) is 10.1 Å². The second-order valence-corrected chi connectivity index (χ2v) is 3.44. The average Bonchev–Trinajstić information content (AvgIpc) is 2.22. The maximum absolute atomic E-state index is 13.2. The van der Waals surface area contributed by atoms with E-state index in [4.69, 9.17) is 23.8 Å². The van der Waals surface area contributed by atoms with E-state index in [9.17, 15) is 4.39 Å². The molecule has 1 rings (SSSR count). The molecule has 0 aliphatic rings. The lowest BCUT2D eigenvalue weighted by atomic mass is 10.2. The minimum atomic E-state index is -0.396. The van der Waals surface area contributed by atoms with E-state index >= 15 is 0 Å². The van der Waals surface area contributed by atoms with Gasteiger partial charge in [0.2, 0.25) is 11.3 Å². The molecule has 3 N–H and O–H groups in total. The Morgan fingerprint density at radius 3 is 2.93 bits per heavy atom. The van der Waals surface area contributed by atoms with Crippen LogP contribution in [0.1, 0.15) is 5.56 Å². The van der Waals surface area contributed by atoms with Crippen LogP contribution in [0.2, 0.25) is 5.02 Å². The molecule has 0 heterocycles. The first kappa shape index (κ1) is 11.9. The molecule has 3 nitrogen and oxygen atoms in total. The van der Waals surface area contributed by atoms with E-state index < -0.39 is 5.82 Å². The number of rotatable bonds is 2. The van der Waals surface area contributed by atoms with Gasteiger partial charge in [0, 0.05) is 7.05 Å². The fourth-order valence-electron chi connectivity index (χ4n) is 0.885. The van der Waals surface area contributed by atoms with Crippen molar-refractivity contribution >= 4 is 35.1 Å². The monoisotopic (exact) mass is 246 g/mol. The summed E-state index contributed by atoms with van der Waals surface area (Å²) in [4.78, 5) is 0. The highest BCUT2D eigenvalue weighted by Crippen LogP contribution is 2.15. The van der Waals surface area contributed by atoms with E-state index in [0.717, 1.165) is 0 Å². The first-order chi connectivity index (χ1) is 7.15. The standard InChI is InChI=1S/C9H9ClFN3S/c1-12-9(15)14-13-5-6-7(10)3-2-4-8(6)11/h2-5H,1H3,(H2,12,14,15)/p+1. The highest BCUT2D eigenvalue weighted by atomic mass is 35.5. The molecular formula is C9H10ClFN3S+. The van der Waals surface area contributed by atoms with Gasteiger partial charge in [0.25, 0.3) is 0 Å². The fourth-order valence-corrected chi connectivity index (χ4v) is 1.16. The predicted octanol–water partition coefficient (Wildman–Crippen LogP) is -0.0125. The molecule has 0 spiro atoms. The van der Waals surface area contributed by atoms with Gasteiger partial charge in [-0.15, -0.1) is 10.5 Å². The van der Waals surface area contributed by atoms with Crippen molar-refractivity contribution in [1.29, 1.82) is 0 Å². The summed E-state index contributed by atoms with van der Waals surface area (Å²) in [5.41, 5.74) is 2.91. The summed E-state index contributed by atoms with van der Waals surface area (Å²) >= 11 is 10.6. The number of hydrogen-bond acceptors (Lipinski definition) is 1. The predicted molar refractivity (Wildman–Crippen MR) is 62.3 cm³/mol. The third kappa shape index (κ3) is 3.45. The number of benzene rings is 1. The van der Waals surface area contributed by atoms with Crippen LogP contribution < -0.4 is 15.8 Å². The van der Waals surface area contributed by atoms with Gasteiger partial charge in [-0.3, -0.25) is 0 Å². The van der Waals surface area contributed by atoms with Gasteiger partial charge in [-0.2, -0.15) is 0 Å². The van der Waals surface area contributed by atoms with Crippen LogP contribution in [0.5, 0.6) is 0 Å². The summed E-state index contributed by atoms with van der Waals surface area (Å²) in [7, 11) is 1.67. The summed E-state index contributed by atoms with van der Waals surface area (Å²) in [5.74, 6) is -0.396. The van der Waals surface area contributed by atoms with Gasteiger partial charge in [0.15, 0.2) is 0 Å². The topological polar surface area (TPSA) is 38.0 Å². The van der Waals surface area contributed by atoms with Gasteiger partial charge in [-0.1, -0.05) is 17.7 Å². The highest BCUT2D eigenvalue weighted by Gasteiger charge is 2.06. The Bertz CT molecular complexity index is 375. The van der Waals surface area contributed by atoms with Crippen LogP contribution in [0.25, 0.3) is 0 Å². The lowest BCUT2D eigenvalue weighted by molar-refractivity contribution is -0.500. The second kappa shape index (κ2) is 5.63. The van der Waals surface area contributed by atoms with Crippen molar-refractivity contribution in [3.63, 3.8) is 0 Å². The van der Waals surface area contributed by atoms with Gasteiger partial charge in [0.05, 0.1) is 10.6 Å². The number of hydrazine groups is 1. The van der Waals surface area contributed by atoms with Crippen LogP contribution in [-0.4, -0.2) is 18.4 Å². The van der Waals surface area contributed by atoms with Crippen molar-refractivity contribution in [2.45, 2.75) is 0 Å². The molecule has 0 saturated carbocycles. The molecule has 0 aliphatic carbocycles. The molecule has 0 unspecified atom stereocenters.